The molecule has 0 amide bonds. The van der Waals surface area contributed by atoms with Gasteiger partial charge in [0.25, 0.3) is 0 Å². The molecule has 5 nitrogen and oxygen atoms in total. The minimum Gasteiger partial charge on any atom is -0.493 e. The fourth-order valence-corrected chi connectivity index (χ4v) is 2.13. The summed E-state index contributed by atoms with van der Waals surface area (Å²) in [5.41, 5.74) is 1.23. The van der Waals surface area contributed by atoms with Crippen LogP contribution in [0, 0.1) is 0 Å². The molecule has 0 aliphatic heterocycles. The zero-order chi connectivity index (χ0) is 16.9. The van der Waals surface area contributed by atoms with Gasteiger partial charge in [-0.1, -0.05) is 12.1 Å². The van der Waals surface area contributed by atoms with Gasteiger partial charge >= 0.3 is 0 Å². The third-order valence-electron chi connectivity index (χ3n) is 3.18. The first kappa shape index (κ1) is 22.6. The van der Waals surface area contributed by atoms with Crippen LogP contribution in [-0.2, 0) is 6.42 Å². The molecule has 0 aromatic heterocycles. The van der Waals surface area contributed by atoms with Crippen LogP contribution in [0.4, 0.5) is 0 Å². The molecule has 0 aliphatic rings. The average molecular weight is 447 g/mol. The molecule has 0 radical (unpaired) electrons. The molecule has 0 fully saturated rings. The second kappa shape index (κ2) is 13.9. The molecule has 0 heterocycles. The van der Waals surface area contributed by atoms with E-state index in [1.54, 1.807) is 7.11 Å². The topological polar surface area (TPSA) is 54.9 Å². The number of nitrogens with one attached hydrogen (secondary N) is 2. The van der Waals surface area contributed by atoms with Gasteiger partial charge in [-0.05, 0) is 44.4 Å². The van der Waals surface area contributed by atoms with E-state index in [1.807, 2.05) is 25.1 Å². The lowest BCUT2D eigenvalue weighted by Crippen LogP contribution is -2.37. The summed E-state index contributed by atoms with van der Waals surface area (Å²) in [5.74, 6) is 2.41. The molecule has 0 atom stereocenters. The van der Waals surface area contributed by atoms with E-state index >= 15 is 0 Å². The van der Waals surface area contributed by atoms with E-state index in [9.17, 15) is 0 Å². The highest BCUT2D eigenvalue weighted by atomic mass is 127. The second-order valence-electron chi connectivity index (χ2n) is 4.95. The van der Waals surface area contributed by atoms with E-state index < -0.39 is 0 Å². The largest absolute Gasteiger partial charge is 0.493 e. The number of methoxy groups -OCH3 is 1. The number of nitrogens with zero attached hydrogens (tertiary/aromatic N) is 1. The Labute approximate surface area is 162 Å². The predicted molar refractivity (Wildman–Crippen MR) is 112 cm³/mol. The molecular formula is C18H30IN3O2. The summed E-state index contributed by atoms with van der Waals surface area (Å²) in [6, 6.07) is 6.08. The number of hydrogen-bond acceptors (Lipinski definition) is 3. The van der Waals surface area contributed by atoms with Gasteiger partial charge in [-0.15, -0.1) is 30.6 Å². The van der Waals surface area contributed by atoms with Crippen molar-refractivity contribution in [2.24, 2.45) is 4.99 Å². The van der Waals surface area contributed by atoms with Crippen molar-refractivity contribution in [2.75, 3.05) is 33.4 Å². The number of hydrogen-bond donors (Lipinski definition) is 2. The van der Waals surface area contributed by atoms with Gasteiger partial charge in [0.1, 0.15) is 0 Å². The molecule has 1 aromatic rings. The van der Waals surface area contributed by atoms with Gasteiger partial charge in [0.05, 0.1) is 13.7 Å². The second-order valence-corrected chi connectivity index (χ2v) is 4.95. The molecule has 6 heteroatoms. The van der Waals surface area contributed by atoms with Crippen LogP contribution in [-0.4, -0.2) is 39.3 Å². The molecule has 0 saturated carbocycles. The van der Waals surface area contributed by atoms with Crippen molar-refractivity contribution in [2.45, 2.75) is 26.7 Å². The number of benzene rings is 1. The third kappa shape index (κ3) is 8.42. The first-order valence-corrected chi connectivity index (χ1v) is 8.17. The molecule has 1 rings (SSSR count). The maximum Gasteiger partial charge on any atom is 0.191 e. The van der Waals surface area contributed by atoms with Crippen LogP contribution < -0.4 is 20.1 Å². The first-order valence-electron chi connectivity index (χ1n) is 8.17. The van der Waals surface area contributed by atoms with Crippen LogP contribution in [0.2, 0.25) is 0 Å². The molecule has 0 saturated heterocycles. The van der Waals surface area contributed by atoms with Gasteiger partial charge in [0.2, 0.25) is 0 Å². The Balaban J connectivity index is 0.00000529. The van der Waals surface area contributed by atoms with E-state index in [-0.39, 0.29) is 24.0 Å². The predicted octanol–water partition coefficient (Wildman–Crippen LogP) is 3.39. The summed E-state index contributed by atoms with van der Waals surface area (Å²) in [5, 5.41) is 6.41. The van der Waals surface area contributed by atoms with Crippen molar-refractivity contribution < 1.29 is 9.47 Å². The Kier molecular flexibility index (Phi) is 13.1. The Hall–Kier alpha value is -1.44. The zero-order valence-electron chi connectivity index (χ0n) is 14.9. The standard InChI is InChI=1S/C18H29N3O2.HI/c1-5-12-20-18(19-6-2)21-13-8-9-15-10-11-16(22-4)17(14-15)23-7-3;/h5,10-11,14H,1,6-9,12-13H2,2-4H3,(H2,19,20,21);1H. The highest BCUT2D eigenvalue weighted by molar-refractivity contribution is 14.0. The first-order chi connectivity index (χ1) is 11.2. The number of aliphatic imine (C=N–C) groups is 1. The highest BCUT2D eigenvalue weighted by Gasteiger charge is 2.05. The van der Waals surface area contributed by atoms with Crippen LogP contribution >= 0.6 is 24.0 Å². The van der Waals surface area contributed by atoms with E-state index in [2.05, 4.69) is 35.2 Å². The van der Waals surface area contributed by atoms with Crippen LogP contribution in [0.1, 0.15) is 25.8 Å². The van der Waals surface area contributed by atoms with E-state index in [4.69, 9.17) is 9.47 Å². The summed E-state index contributed by atoms with van der Waals surface area (Å²) in [6.45, 7) is 10.7. The van der Waals surface area contributed by atoms with Crippen LogP contribution in [0.15, 0.2) is 35.8 Å². The summed E-state index contributed by atoms with van der Waals surface area (Å²) in [7, 11) is 1.66. The van der Waals surface area contributed by atoms with Gasteiger partial charge in [0.15, 0.2) is 17.5 Å². The van der Waals surface area contributed by atoms with Crippen molar-refractivity contribution in [1.82, 2.24) is 10.6 Å². The van der Waals surface area contributed by atoms with E-state index in [1.165, 1.54) is 5.56 Å². The molecule has 24 heavy (non-hydrogen) atoms. The van der Waals surface area contributed by atoms with Gasteiger partial charge in [-0.3, -0.25) is 4.99 Å². The summed E-state index contributed by atoms with van der Waals surface area (Å²) < 4.78 is 10.9. The zero-order valence-corrected chi connectivity index (χ0v) is 17.3. The SMILES string of the molecule is C=CCNC(=NCCCc1ccc(OC)c(OCC)c1)NCC.I. The summed E-state index contributed by atoms with van der Waals surface area (Å²) >= 11 is 0. The van der Waals surface area contributed by atoms with Crippen molar-refractivity contribution in [1.29, 1.82) is 0 Å². The van der Waals surface area contributed by atoms with Crippen LogP contribution in [0.25, 0.3) is 0 Å². The minimum atomic E-state index is 0. The smallest absolute Gasteiger partial charge is 0.191 e. The Bertz CT molecular complexity index is 507. The molecule has 0 bridgehead atoms. The molecule has 0 unspecified atom stereocenters. The third-order valence-corrected chi connectivity index (χ3v) is 3.18. The van der Waals surface area contributed by atoms with Crippen molar-refractivity contribution in [3.05, 3.63) is 36.4 Å². The van der Waals surface area contributed by atoms with Gasteiger partial charge in [0, 0.05) is 19.6 Å². The van der Waals surface area contributed by atoms with Crippen molar-refractivity contribution in [3.63, 3.8) is 0 Å². The number of ether oxygens (including phenoxy) is 2. The lowest BCUT2D eigenvalue weighted by atomic mass is 10.1. The van der Waals surface area contributed by atoms with E-state index in [0.29, 0.717) is 13.2 Å². The maximum atomic E-state index is 5.61. The Morgan fingerprint density at radius 1 is 1.25 bits per heavy atom. The quantitative estimate of drug-likeness (QED) is 0.190. The van der Waals surface area contributed by atoms with Gasteiger partial charge < -0.3 is 20.1 Å². The number of halogens is 1. The van der Waals surface area contributed by atoms with E-state index in [0.717, 1.165) is 43.4 Å². The Morgan fingerprint density at radius 2 is 2.04 bits per heavy atom. The fourth-order valence-electron chi connectivity index (χ4n) is 2.13. The fraction of sp³-hybridized carbons (Fsp3) is 0.500. The summed E-state index contributed by atoms with van der Waals surface area (Å²) in [4.78, 5) is 4.55. The van der Waals surface area contributed by atoms with Crippen LogP contribution in [0.5, 0.6) is 11.5 Å². The molecule has 136 valence electrons. The van der Waals surface area contributed by atoms with Crippen molar-refractivity contribution in [3.8, 4) is 11.5 Å². The molecule has 0 aliphatic carbocycles. The average Bonchev–Trinajstić information content (AvgIpc) is 2.57. The minimum absolute atomic E-state index is 0. The molecule has 2 N–H and O–H groups in total. The molecule has 1 aromatic carbocycles. The summed E-state index contributed by atoms with van der Waals surface area (Å²) in [6.07, 6.45) is 3.75. The monoisotopic (exact) mass is 447 g/mol. The van der Waals surface area contributed by atoms with Gasteiger partial charge in [-0.25, -0.2) is 0 Å². The molecule has 0 spiro atoms. The lowest BCUT2D eigenvalue weighted by molar-refractivity contribution is 0.310. The number of rotatable bonds is 10. The number of guanidine groups is 1. The normalized spacial score (nSPS) is 10.5. The lowest BCUT2D eigenvalue weighted by Gasteiger charge is -2.11. The highest BCUT2D eigenvalue weighted by Crippen LogP contribution is 2.28. The van der Waals surface area contributed by atoms with Crippen molar-refractivity contribution >= 4 is 29.9 Å². The van der Waals surface area contributed by atoms with Crippen LogP contribution in [0.3, 0.4) is 0 Å². The maximum absolute atomic E-state index is 5.61. The van der Waals surface area contributed by atoms with Gasteiger partial charge in [-0.2, -0.15) is 0 Å². The Morgan fingerprint density at radius 3 is 2.67 bits per heavy atom. The molecular weight excluding hydrogens is 417 g/mol. The number of aryl methyl sites for hydroxylation is 1.